The first-order chi connectivity index (χ1) is 15.1. The van der Waals surface area contributed by atoms with Gasteiger partial charge >= 0.3 is 0 Å². The zero-order chi connectivity index (χ0) is 21.6. The summed E-state index contributed by atoms with van der Waals surface area (Å²) in [5, 5.41) is 4.20. The van der Waals surface area contributed by atoms with Crippen LogP contribution in [0.5, 0.6) is 11.5 Å². The van der Waals surface area contributed by atoms with Crippen molar-refractivity contribution < 1.29 is 9.47 Å². The van der Waals surface area contributed by atoms with Crippen LogP contribution in [0.3, 0.4) is 0 Å². The van der Waals surface area contributed by atoms with E-state index in [-0.39, 0.29) is 0 Å². The highest BCUT2D eigenvalue weighted by Gasteiger charge is 2.13. The fourth-order valence-electron chi connectivity index (χ4n) is 3.72. The van der Waals surface area contributed by atoms with Crippen molar-refractivity contribution >= 4 is 38.9 Å². The molecule has 0 aromatic heterocycles. The van der Waals surface area contributed by atoms with Gasteiger partial charge in [-0.2, -0.15) is 0 Å². The minimum Gasteiger partial charge on any atom is -0.493 e. The van der Waals surface area contributed by atoms with Crippen LogP contribution in [-0.2, 0) is 13.2 Å². The van der Waals surface area contributed by atoms with Crippen molar-refractivity contribution in [2.45, 2.75) is 26.0 Å². The fraction of sp³-hybridized carbons (Fsp3) is 0.280. The third-order valence-corrected chi connectivity index (χ3v) is 6.26. The zero-order valence-electron chi connectivity index (χ0n) is 17.5. The van der Waals surface area contributed by atoms with Crippen LogP contribution in [0.25, 0.3) is 0 Å². The normalized spacial score (nSPS) is 13.3. The summed E-state index contributed by atoms with van der Waals surface area (Å²) in [7, 11) is 1.66. The van der Waals surface area contributed by atoms with Crippen LogP contribution in [0.2, 0.25) is 5.02 Å². The maximum absolute atomic E-state index is 6.02. The quantitative estimate of drug-likeness (QED) is 0.364. The van der Waals surface area contributed by atoms with Crippen molar-refractivity contribution in [1.29, 1.82) is 0 Å². The predicted octanol–water partition coefficient (Wildman–Crippen LogP) is 6.90. The smallest absolute Gasteiger partial charge is 0.175 e. The lowest BCUT2D eigenvalue weighted by molar-refractivity contribution is 0.282. The molecule has 1 heterocycles. The Bertz CT molecular complexity index is 1000. The standard InChI is InChI=1S/C25H26BrClN2O2/c1-30-24-15-19(14-23(26)25(24)31-17-18-4-6-20(27)7-5-18)16-28-21-8-10-22(11-9-21)29-12-2-3-13-29/h4-11,14-15,28H,2-3,12-13,16-17H2,1H3. The van der Waals surface area contributed by atoms with Gasteiger partial charge in [-0.15, -0.1) is 0 Å². The molecular formula is C25H26BrClN2O2. The number of halogens is 2. The third kappa shape index (κ3) is 5.66. The maximum Gasteiger partial charge on any atom is 0.175 e. The number of nitrogens with one attached hydrogen (secondary N) is 1. The Morgan fingerprint density at radius 1 is 0.968 bits per heavy atom. The molecular weight excluding hydrogens is 476 g/mol. The molecule has 0 aliphatic carbocycles. The van der Waals surface area contributed by atoms with Gasteiger partial charge in [-0.25, -0.2) is 0 Å². The molecule has 31 heavy (non-hydrogen) atoms. The van der Waals surface area contributed by atoms with Crippen LogP contribution < -0.4 is 19.7 Å². The summed E-state index contributed by atoms with van der Waals surface area (Å²) in [5.41, 5.74) is 4.54. The average Bonchev–Trinajstić information content (AvgIpc) is 3.33. The minimum absolute atomic E-state index is 0.438. The van der Waals surface area contributed by atoms with Gasteiger partial charge in [0.05, 0.1) is 11.6 Å². The summed E-state index contributed by atoms with van der Waals surface area (Å²) in [4.78, 5) is 2.44. The van der Waals surface area contributed by atoms with E-state index in [1.165, 1.54) is 18.5 Å². The lowest BCUT2D eigenvalue weighted by Gasteiger charge is -2.18. The Labute approximate surface area is 197 Å². The van der Waals surface area contributed by atoms with Gasteiger partial charge in [-0.05, 0) is 88.4 Å². The summed E-state index contributed by atoms with van der Waals surface area (Å²) in [6.45, 7) is 3.45. The summed E-state index contributed by atoms with van der Waals surface area (Å²) >= 11 is 9.59. The van der Waals surface area contributed by atoms with Gasteiger partial charge < -0.3 is 19.7 Å². The van der Waals surface area contributed by atoms with Crippen molar-refractivity contribution in [1.82, 2.24) is 0 Å². The molecule has 1 saturated heterocycles. The van der Waals surface area contributed by atoms with Crippen molar-refractivity contribution in [3.8, 4) is 11.5 Å². The molecule has 1 aliphatic rings. The van der Waals surface area contributed by atoms with Crippen LogP contribution in [0.15, 0.2) is 65.1 Å². The second-order valence-electron chi connectivity index (χ2n) is 7.62. The Kier molecular flexibility index (Phi) is 7.25. The van der Waals surface area contributed by atoms with E-state index < -0.39 is 0 Å². The van der Waals surface area contributed by atoms with Gasteiger partial charge in [-0.3, -0.25) is 0 Å². The molecule has 0 radical (unpaired) electrons. The number of nitrogens with zero attached hydrogens (tertiary/aromatic N) is 1. The first kappa shape index (κ1) is 21.8. The molecule has 0 unspecified atom stereocenters. The van der Waals surface area contributed by atoms with E-state index in [4.69, 9.17) is 21.1 Å². The molecule has 0 atom stereocenters. The Morgan fingerprint density at radius 3 is 2.35 bits per heavy atom. The number of hydrogen-bond donors (Lipinski definition) is 1. The summed E-state index contributed by atoms with van der Waals surface area (Å²) in [5.74, 6) is 1.39. The lowest BCUT2D eigenvalue weighted by atomic mass is 10.2. The first-order valence-electron chi connectivity index (χ1n) is 10.4. The predicted molar refractivity (Wildman–Crippen MR) is 132 cm³/mol. The summed E-state index contributed by atoms with van der Waals surface area (Å²) in [6, 6.07) is 20.4. The van der Waals surface area contributed by atoms with Crippen LogP contribution in [0, 0.1) is 0 Å². The van der Waals surface area contributed by atoms with Gasteiger partial charge in [0.15, 0.2) is 11.5 Å². The monoisotopic (exact) mass is 500 g/mol. The van der Waals surface area contributed by atoms with Crippen LogP contribution in [0.4, 0.5) is 11.4 Å². The highest BCUT2D eigenvalue weighted by molar-refractivity contribution is 9.10. The number of anilines is 2. The molecule has 162 valence electrons. The Balaban J connectivity index is 1.39. The number of rotatable bonds is 8. The molecule has 0 spiro atoms. The van der Waals surface area contributed by atoms with Crippen LogP contribution >= 0.6 is 27.5 Å². The number of methoxy groups -OCH3 is 1. The molecule has 6 heteroatoms. The Hall–Kier alpha value is -2.37. The number of benzene rings is 3. The summed E-state index contributed by atoms with van der Waals surface area (Å²) in [6.07, 6.45) is 2.58. The van der Waals surface area contributed by atoms with Crippen molar-refractivity contribution in [2.24, 2.45) is 0 Å². The van der Waals surface area contributed by atoms with Crippen molar-refractivity contribution in [3.05, 3.63) is 81.3 Å². The second-order valence-corrected chi connectivity index (χ2v) is 8.91. The third-order valence-electron chi connectivity index (χ3n) is 5.42. The molecule has 1 fully saturated rings. The van der Waals surface area contributed by atoms with Gasteiger partial charge in [-0.1, -0.05) is 23.7 Å². The topological polar surface area (TPSA) is 33.7 Å². The Morgan fingerprint density at radius 2 is 1.68 bits per heavy atom. The molecule has 3 aromatic carbocycles. The van der Waals surface area contributed by atoms with E-state index in [1.54, 1.807) is 7.11 Å². The molecule has 4 nitrogen and oxygen atoms in total. The molecule has 0 bridgehead atoms. The highest BCUT2D eigenvalue weighted by Crippen LogP contribution is 2.37. The molecule has 1 aliphatic heterocycles. The highest BCUT2D eigenvalue weighted by atomic mass is 79.9. The number of ether oxygens (including phenoxy) is 2. The van der Waals surface area contributed by atoms with E-state index in [9.17, 15) is 0 Å². The summed E-state index contributed by atoms with van der Waals surface area (Å²) < 4.78 is 12.5. The van der Waals surface area contributed by atoms with Crippen LogP contribution in [-0.4, -0.2) is 20.2 Å². The molecule has 3 aromatic rings. The molecule has 4 rings (SSSR count). The molecule has 0 saturated carbocycles. The minimum atomic E-state index is 0.438. The first-order valence-corrected chi connectivity index (χ1v) is 11.6. The van der Waals surface area contributed by atoms with Crippen LogP contribution in [0.1, 0.15) is 24.0 Å². The van der Waals surface area contributed by atoms with E-state index in [0.29, 0.717) is 29.7 Å². The second kappa shape index (κ2) is 10.3. The lowest BCUT2D eigenvalue weighted by Crippen LogP contribution is -2.17. The maximum atomic E-state index is 6.02. The number of hydrogen-bond acceptors (Lipinski definition) is 4. The van der Waals surface area contributed by atoms with Gasteiger partial charge in [0, 0.05) is 36.0 Å². The van der Waals surface area contributed by atoms with Crippen molar-refractivity contribution in [2.75, 3.05) is 30.4 Å². The average molecular weight is 502 g/mol. The van der Waals surface area contributed by atoms with Gasteiger partial charge in [0.2, 0.25) is 0 Å². The largest absolute Gasteiger partial charge is 0.493 e. The van der Waals surface area contributed by atoms with Gasteiger partial charge in [0.25, 0.3) is 0 Å². The SMILES string of the molecule is COc1cc(CNc2ccc(N3CCCC3)cc2)cc(Br)c1OCc1ccc(Cl)cc1. The van der Waals surface area contributed by atoms with E-state index in [0.717, 1.165) is 34.4 Å². The molecule has 1 N–H and O–H groups in total. The molecule has 0 amide bonds. The zero-order valence-corrected chi connectivity index (χ0v) is 19.9. The van der Waals surface area contributed by atoms with E-state index >= 15 is 0 Å². The van der Waals surface area contributed by atoms with E-state index in [2.05, 4.69) is 56.5 Å². The van der Waals surface area contributed by atoms with Crippen molar-refractivity contribution in [3.63, 3.8) is 0 Å². The van der Waals surface area contributed by atoms with E-state index in [1.807, 2.05) is 30.3 Å². The fourth-order valence-corrected chi connectivity index (χ4v) is 4.45. The van der Waals surface area contributed by atoms with Gasteiger partial charge in [0.1, 0.15) is 6.61 Å².